The third kappa shape index (κ3) is 5.09. The van der Waals surface area contributed by atoms with Crippen molar-refractivity contribution in [1.29, 1.82) is 0 Å². The quantitative estimate of drug-likeness (QED) is 0.866. The van der Waals surface area contributed by atoms with Crippen LogP contribution in [0.4, 0.5) is 4.79 Å². The number of nitrogens with zero attached hydrogens (tertiary/aromatic N) is 1. The first kappa shape index (κ1) is 18.0. The molecule has 0 aromatic heterocycles. The molecule has 6 heteroatoms. The van der Waals surface area contributed by atoms with Crippen molar-refractivity contribution < 1.29 is 14.6 Å². The predicted molar refractivity (Wildman–Crippen MR) is 90.6 cm³/mol. The minimum absolute atomic E-state index is 0.142. The van der Waals surface area contributed by atoms with Gasteiger partial charge in [0.15, 0.2) is 0 Å². The van der Waals surface area contributed by atoms with Crippen molar-refractivity contribution in [3.8, 4) is 0 Å². The molecule has 1 aromatic carbocycles. The van der Waals surface area contributed by atoms with Crippen LogP contribution in [0.5, 0.6) is 0 Å². The van der Waals surface area contributed by atoms with Gasteiger partial charge in [0.05, 0.1) is 12.1 Å². The van der Waals surface area contributed by atoms with Crippen molar-refractivity contribution in [2.24, 2.45) is 5.92 Å². The van der Waals surface area contributed by atoms with Crippen molar-refractivity contribution in [3.05, 3.63) is 34.9 Å². The Morgan fingerprint density at radius 1 is 1.48 bits per heavy atom. The summed E-state index contributed by atoms with van der Waals surface area (Å²) in [4.78, 5) is 14.2. The zero-order chi connectivity index (χ0) is 16.8. The Morgan fingerprint density at radius 3 is 2.78 bits per heavy atom. The van der Waals surface area contributed by atoms with E-state index in [1.807, 2.05) is 31.2 Å². The van der Waals surface area contributed by atoms with Crippen molar-refractivity contribution in [2.45, 2.75) is 31.9 Å². The molecular formula is C17H25ClN2O3. The largest absolute Gasteiger partial charge is 0.391 e. The van der Waals surface area contributed by atoms with E-state index in [-0.39, 0.29) is 18.0 Å². The molecular weight excluding hydrogens is 316 g/mol. The molecule has 1 heterocycles. The molecule has 1 aliphatic rings. The Balaban J connectivity index is 2.02. The average Bonchev–Trinajstić information content (AvgIpc) is 2.54. The molecule has 5 nitrogen and oxygen atoms in total. The Labute approximate surface area is 142 Å². The number of aliphatic hydroxyl groups is 1. The summed E-state index contributed by atoms with van der Waals surface area (Å²) in [5.74, 6) is 0.236. The van der Waals surface area contributed by atoms with Crippen LogP contribution in [-0.4, -0.2) is 48.9 Å². The van der Waals surface area contributed by atoms with E-state index in [0.29, 0.717) is 31.1 Å². The molecule has 1 aliphatic heterocycles. The lowest BCUT2D eigenvalue weighted by Crippen LogP contribution is -2.50. The highest BCUT2D eigenvalue weighted by Gasteiger charge is 2.28. The number of benzene rings is 1. The van der Waals surface area contributed by atoms with Gasteiger partial charge in [-0.05, 0) is 36.5 Å². The Morgan fingerprint density at radius 2 is 2.17 bits per heavy atom. The van der Waals surface area contributed by atoms with E-state index in [4.69, 9.17) is 16.3 Å². The van der Waals surface area contributed by atoms with Gasteiger partial charge in [-0.25, -0.2) is 4.79 Å². The number of aliphatic hydroxyl groups excluding tert-OH is 1. The van der Waals surface area contributed by atoms with Crippen LogP contribution < -0.4 is 5.32 Å². The smallest absolute Gasteiger partial charge is 0.317 e. The van der Waals surface area contributed by atoms with Crippen LogP contribution in [0.2, 0.25) is 5.02 Å². The van der Waals surface area contributed by atoms with E-state index in [0.717, 1.165) is 12.0 Å². The Kier molecular flexibility index (Phi) is 6.69. The van der Waals surface area contributed by atoms with Crippen LogP contribution >= 0.6 is 11.6 Å². The normalized spacial score (nSPS) is 22.7. The molecule has 128 valence electrons. The zero-order valence-electron chi connectivity index (χ0n) is 13.7. The van der Waals surface area contributed by atoms with Crippen LogP contribution in [0.25, 0.3) is 0 Å². The number of likely N-dealkylation sites (tertiary alicyclic amines) is 1. The number of rotatable bonds is 5. The molecule has 1 aromatic rings. The summed E-state index contributed by atoms with van der Waals surface area (Å²) in [6.07, 6.45) is 1.04. The van der Waals surface area contributed by atoms with E-state index in [1.54, 1.807) is 12.0 Å². The van der Waals surface area contributed by atoms with Crippen LogP contribution in [0.3, 0.4) is 0 Å². The highest BCUT2D eigenvalue weighted by Crippen LogP contribution is 2.21. The second kappa shape index (κ2) is 8.52. The second-order valence-corrected chi connectivity index (χ2v) is 6.55. The van der Waals surface area contributed by atoms with Crippen LogP contribution in [0, 0.1) is 5.92 Å². The molecule has 3 atom stereocenters. The van der Waals surface area contributed by atoms with Crippen LogP contribution in [-0.2, 0) is 4.74 Å². The number of halogens is 1. The third-order valence-corrected chi connectivity index (χ3v) is 4.64. The monoisotopic (exact) mass is 340 g/mol. The number of β-amino-alcohol motifs (C(OH)–C–C–N with tert-alkyl or cyclic N) is 1. The maximum absolute atomic E-state index is 12.5. The molecule has 2 N–H and O–H groups in total. The number of piperidine rings is 1. The van der Waals surface area contributed by atoms with Gasteiger partial charge in [0.25, 0.3) is 0 Å². The van der Waals surface area contributed by atoms with E-state index < -0.39 is 6.10 Å². The average molecular weight is 341 g/mol. The summed E-state index contributed by atoms with van der Waals surface area (Å²) >= 11 is 5.93. The molecule has 0 aliphatic carbocycles. The molecule has 3 unspecified atom stereocenters. The van der Waals surface area contributed by atoms with Crippen molar-refractivity contribution in [2.75, 3.05) is 26.8 Å². The number of carbonyl (C=O) groups is 1. The molecule has 2 rings (SSSR count). The SMILES string of the molecule is COCCC(NC(=O)N1CCC(C)C(O)C1)c1ccc(Cl)cc1. The first-order valence-corrected chi connectivity index (χ1v) is 8.37. The van der Waals surface area contributed by atoms with E-state index in [1.165, 1.54) is 0 Å². The number of amides is 2. The first-order valence-electron chi connectivity index (χ1n) is 7.99. The number of urea groups is 1. The lowest BCUT2D eigenvalue weighted by atomic mass is 9.96. The molecule has 0 bridgehead atoms. The molecule has 1 saturated heterocycles. The fourth-order valence-corrected chi connectivity index (χ4v) is 2.85. The highest BCUT2D eigenvalue weighted by molar-refractivity contribution is 6.30. The molecule has 1 fully saturated rings. The van der Waals surface area contributed by atoms with Gasteiger partial charge in [-0.2, -0.15) is 0 Å². The first-order chi connectivity index (χ1) is 11.0. The third-order valence-electron chi connectivity index (χ3n) is 4.39. The molecule has 0 saturated carbocycles. The Hall–Kier alpha value is -1.30. The fourth-order valence-electron chi connectivity index (χ4n) is 2.73. The maximum Gasteiger partial charge on any atom is 0.317 e. The van der Waals surface area contributed by atoms with Gasteiger partial charge in [-0.1, -0.05) is 30.7 Å². The summed E-state index contributed by atoms with van der Waals surface area (Å²) < 4.78 is 5.14. The van der Waals surface area contributed by atoms with Gasteiger partial charge in [0.1, 0.15) is 0 Å². The van der Waals surface area contributed by atoms with Gasteiger partial charge < -0.3 is 20.1 Å². The van der Waals surface area contributed by atoms with Crippen LogP contribution in [0.1, 0.15) is 31.4 Å². The molecule has 23 heavy (non-hydrogen) atoms. The van der Waals surface area contributed by atoms with Gasteiger partial charge in [-0.3, -0.25) is 0 Å². The number of carbonyl (C=O) groups excluding carboxylic acids is 1. The molecule has 0 spiro atoms. The fraction of sp³-hybridized carbons (Fsp3) is 0.588. The summed E-state index contributed by atoms with van der Waals surface area (Å²) in [7, 11) is 1.64. The minimum atomic E-state index is -0.456. The summed E-state index contributed by atoms with van der Waals surface area (Å²) in [6, 6.07) is 7.17. The maximum atomic E-state index is 12.5. The van der Waals surface area contributed by atoms with Gasteiger partial charge in [0.2, 0.25) is 0 Å². The molecule has 2 amide bonds. The number of methoxy groups -OCH3 is 1. The van der Waals surface area contributed by atoms with Crippen molar-refractivity contribution >= 4 is 17.6 Å². The zero-order valence-corrected chi connectivity index (χ0v) is 14.4. The predicted octanol–water partition coefficient (Wildman–Crippen LogP) is 2.83. The number of ether oxygens (including phenoxy) is 1. The second-order valence-electron chi connectivity index (χ2n) is 6.11. The number of hydrogen-bond acceptors (Lipinski definition) is 3. The topological polar surface area (TPSA) is 61.8 Å². The van der Waals surface area contributed by atoms with E-state index >= 15 is 0 Å². The van der Waals surface area contributed by atoms with Gasteiger partial charge >= 0.3 is 6.03 Å². The highest BCUT2D eigenvalue weighted by atomic mass is 35.5. The number of nitrogens with one attached hydrogen (secondary N) is 1. The lowest BCUT2D eigenvalue weighted by Gasteiger charge is -2.35. The lowest BCUT2D eigenvalue weighted by molar-refractivity contribution is 0.0427. The van der Waals surface area contributed by atoms with Crippen molar-refractivity contribution in [3.63, 3.8) is 0 Å². The van der Waals surface area contributed by atoms with Crippen molar-refractivity contribution in [1.82, 2.24) is 10.2 Å². The summed E-state index contributed by atoms with van der Waals surface area (Å²) in [5.41, 5.74) is 0.991. The van der Waals surface area contributed by atoms with Crippen LogP contribution in [0.15, 0.2) is 24.3 Å². The van der Waals surface area contributed by atoms with Gasteiger partial charge in [0, 0.05) is 31.8 Å². The van der Waals surface area contributed by atoms with Gasteiger partial charge in [-0.15, -0.1) is 0 Å². The Bertz CT molecular complexity index is 509. The number of hydrogen-bond donors (Lipinski definition) is 2. The molecule has 0 radical (unpaired) electrons. The minimum Gasteiger partial charge on any atom is -0.391 e. The van der Waals surface area contributed by atoms with E-state index in [9.17, 15) is 9.90 Å². The summed E-state index contributed by atoms with van der Waals surface area (Å²) in [5, 5.41) is 13.7. The van der Waals surface area contributed by atoms with E-state index in [2.05, 4.69) is 5.32 Å². The standard InChI is InChI=1S/C17H25ClN2O3/c1-12-7-9-20(11-16(12)21)17(22)19-15(8-10-23-2)13-3-5-14(18)6-4-13/h3-6,12,15-16,21H,7-11H2,1-2H3,(H,19,22). The summed E-state index contributed by atoms with van der Waals surface area (Å²) in [6.45, 7) is 3.61.